The molecule has 1 atom stereocenters. The van der Waals surface area contributed by atoms with Crippen molar-refractivity contribution in [2.45, 2.75) is 50.0 Å². The van der Waals surface area contributed by atoms with Crippen molar-refractivity contribution in [1.82, 2.24) is 10.6 Å². The average molecular weight is 657 g/mol. The van der Waals surface area contributed by atoms with E-state index in [2.05, 4.69) is 10.6 Å². The van der Waals surface area contributed by atoms with Crippen molar-refractivity contribution in [2.24, 2.45) is 5.73 Å². The smallest absolute Gasteiger partial charge is 0.416 e. The van der Waals surface area contributed by atoms with Crippen molar-refractivity contribution in [2.75, 3.05) is 12.3 Å². The van der Waals surface area contributed by atoms with Crippen LogP contribution in [0.1, 0.15) is 46.8 Å². The maximum absolute atomic E-state index is 13.8. The van der Waals surface area contributed by atoms with Crippen LogP contribution < -0.4 is 16.4 Å². The van der Waals surface area contributed by atoms with Crippen LogP contribution in [0.5, 0.6) is 0 Å². The number of carbonyl (C=O) groups excluding carboxylic acids is 1. The lowest BCUT2D eigenvalue weighted by Gasteiger charge is -2.17. The number of aliphatic carboxylic acids is 1. The van der Waals surface area contributed by atoms with Crippen molar-refractivity contribution < 1.29 is 36.3 Å². The number of nitrogens with two attached hydrogens (primary N) is 1. The van der Waals surface area contributed by atoms with E-state index in [1.54, 1.807) is 0 Å². The third-order valence-corrected chi connectivity index (χ3v) is 7.83. The molecule has 16 heteroatoms. The summed E-state index contributed by atoms with van der Waals surface area (Å²) in [5.74, 6) is -2.26. The van der Waals surface area contributed by atoms with E-state index in [1.807, 2.05) is 0 Å². The first kappa shape index (κ1) is 37.2. The highest BCUT2D eigenvalue weighted by Crippen LogP contribution is 2.36. The Kier molecular flexibility index (Phi) is 15.1. The standard InChI is InChI=1S/C23H26Cl2F3N3O5S.2ClH/c1-2-37(35,36)20-6-5-15(24)8-14(20)11-31-21(32)13-9-17(23(26,27)28)16(18(25)10-13)12-30-7-3-4-19(29)22(33)34;;/h5-6,8-10,19,30H,2-4,7,11-12,29H2,1H3,(H,31,32)(H,33,34);2*1H/t19-;;/m0../s1. The Morgan fingerprint density at radius 2 is 1.74 bits per heavy atom. The molecule has 39 heavy (non-hydrogen) atoms. The maximum Gasteiger partial charge on any atom is 0.416 e. The van der Waals surface area contributed by atoms with Crippen LogP contribution in [-0.4, -0.2) is 43.7 Å². The molecule has 2 rings (SSSR count). The molecule has 0 spiro atoms. The highest BCUT2D eigenvalue weighted by atomic mass is 35.5. The summed E-state index contributed by atoms with van der Waals surface area (Å²) in [4.78, 5) is 23.4. The zero-order valence-electron chi connectivity index (χ0n) is 20.5. The normalized spacial score (nSPS) is 12.2. The highest BCUT2D eigenvalue weighted by molar-refractivity contribution is 7.91. The van der Waals surface area contributed by atoms with Crippen molar-refractivity contribution in [3.63, 3.8) is 0 Å². The van der Waals surface area contributed by atoms with Crippen molar-refractivity contribution in [1.29, 1.82) is 0 Å². The van der Waals surface area contributed by atoms with Gasteiger partial charge in [0.2, 0.25) is 0 Å². The molecule has 2 aromatic carbocycles. The van der Waals surface area contributed by atoms with Crippen LogP contribution in [0, 0.1) is 0 Å². The molecule has 0 saturated carbocycles. The minimum Gasteiger partial charge on any atom is -0.480 e. The van der Waals surface area contributed by atoms with E-state index in [1.165, 1.54) is 25.1 Å². The first-order valence-corrected chi connectivity index (χ1v) is 13.5. The van der Waals surface area contributed by atoms with Gasteiger partial charge in [0.05, 0.1) is 16.2 Å². The van der Waals surface area contributed by atoms with Crippen LogP contribution in [0.4, 0.5) is 13.2 Å². The molecule has 0 aromatic heterocycles. The summed E-state index contributed by atoms with van der Waals surface area (Å²) >= 11 is 12.1. The highest BCUT2D eigenvalue weighted by Gasteiger charge is 2.35. The van der Waals surface area contributed by atoms with E-state index in [4.69, 9.17) is 34.0 Å². The Labute approximate surface area is 246 Å². The molecule has 2 aromatic rings. The van der Waals surface area contributed by atoms with Gasteiger partial charge in [-0.05, 0) is 60.8 Å². The van der Waals surface area contributed by atoms with Gasteiger partial charge < -0.3 is 21.5 Å². The van der Waals surface area contributed by atoms with Gasteiger partial charge in [-0.2, -0.15) is 13.2 Å². The molecule has 0 fully saturated rings. The van der Waals surface area contributed by atoms with Crippen molar-refractivity contribution in [3.05, 3.63) is 62.6 Å². The van der Waals surface area contributed by atoms with Gasteiger partial charge in [0.1, 0.15) is 6.04 Å². The summed E-state index contributed by atoms with van der Waals surface area (Å²) < 4.78 is 66.0. The summed E-state index contributed by atoms with van der Waals surface area (Å²) in [5, 5.41) is 13.9. The average Bonchev–Trinajstić information content (AvgIpc) is 2.81. The molecule has 0 unspecified atom stereocenters. The zero-order chi connectivity index (χ0) is 28.0. The number of carbonyl (C=O) groups is 2. The number of carboxylic acid groups (broad SMARTS) is 1. The van der Waals surface area contributed by atoms with Crippen LogP contribution in [-0.2, 0) is 33.9 Å². The predicted octanol–water partition coefficient (Wildman–Crippen LogP) is 4.86. The Bertz CT molecular complexity index is 1260. The number of nitrogens with one attached hydrogen (secondary N) is 2. The molecule has 5 N–H and O–H groups in total. The lowest BCUT2D eigenvalue weighted by atomic mass is 10.0. The number of benzene rings is 2. The first-order chi connectivity index (χ1) is 17.2. The monoisotopic (exact) mass is 655 g/mol. The zero-order valence-corrected chi connectivity index (χ0v) is 24.4. The van der Waals surface area contributed by atoms with Gasteiger partial charge in [-0.1, -0.05) is 30.1 Å². The van der Waals surface area contributed by atoms with E-state index >= 15 is 0 Å². The Balaban J connectivity index is 0.00000722. The van der Waals surface area contributed by atoms with E-state index in [0.29, 0.717) is 12.5 Å². The summed E-state index contributed by atoms with van der Waals surface area (Å²) in [6, 6.07) is 4.73. The number of hydrogen-bond donors (Lipinski definition) is 4. The second kappa shape index (κ2) is 15.8. The number of hydrogen-bond acceptors (Lipinski definition) is 6. The molecular weight excluding hydrogens is 629 g/mol. The quantitative estimate of drug-likeness (QED) is 0.239. The number of alkyl halides is 3. The van der Waals surface area contributed by atoms with Gasteiger partial charge in [0.15, 0.2) is 9.84 Å². The summed E-state index contributed by atoms with van der Waals surface area (Å²) in [6.07, 6.45) is -4.38. The molecule has 0 saturated heterocycles. The number of amides is 1. The van der Waals surface area contributed by atoms with Crippen LogP contribution in [0.25, 0.3) is 0 Å². The van der Waals surface area contributed by atoms with Gasteiger partial charge in [-0.25, -0.2) is 8.42 Å². The third-order valence-electron chi connectivity index (χ3n) is 5.43. The number of sulfone groups is 1. The minimum absolute atomic E-state index is 0. The van der Waals surface area contributed by atoms with Gasteiger partial charge in [0, 0.05) is 28.7 Å². The van der Waals surface area contributed by atoms with Crippen molar-refractivity contribution in [3.8, 4) is 0 Å². The SMILES string of the molecule is CCS(=O)(=O)c1ccc(Cl)cc1CNC(=O)c1cc(Cl)c(CNCCC[C@H](N)C(=O)O)c(C(F)(F)F)c1.Cl.Cl. The molecule has 0 heterocycles. The Morgan fingerprint density at radius 3 is 2.31 bits per heavy atom. The lowest BCUT2D eigenvalue weighted by Crippen LogP contribution is -2.31. The second-order valence-electron chi connectivity index (χ2n) is 8.08. The third kappa shape index (κ3) is 10.6. The van der Waals surface area contributed by atoms with Gasteiger partial charge >= 0.3 is 12.1 Å². The van der Waals surface area contributed by atoms with Crippen LogP contribution >= 0.6 is 48.0 Å². The fourth-order valence-electron chi connectivity index (χ4n) is 3.41. The number of carboxylic acids is 1. The fraction of sp³-hybridized carbons (Fsp3) is 0.391. The molecule has 0 aliphatic carbocycles. The first-order valence-electron chi connectivity index (χ1n) is 11.1. The topological polar surface area (TPSA) is 139 Å². The summed E-state index contributed by atoms with van der Waals surface area (Å²) in [5.41, 5.74) is 3.82. The maximum atomic E-state index is 13.8. The minimum atomic E-state index is -4.82. The molecule has 0 aliphatic heterocycles. The van der Waals surface area contributed by atoms with Crippen LogP contribution in [0.3, 0.4) is 0 Å². The molecule has 0 aliphatic rings. The van der Waals surface area contributed by atoms with Crippen molar-refractivity contribution >= 4 is 69.7 Å². The number of rotatable bonds is 12. The molecule has 0 bridgehead atoms. The lowest BCUT2D eigenvalue weighted by molar-refractivity contribution is -0.139. The second-order valence-corrected chi connectivity index (χ2v) is 11.2. The molecule has 220 valence electrons. The van der Waals surface area contributed by atoms with Gasteiger partial charge in [-0.15, -0.1) is 24.8 Å². The van der Waals surface area contributed by atoms with Crippen LogP contribution in [0.15, 0.2) is 35.2 Å². The fourth-order valence-corrected chi connectivity index (χ4v) is 5.00. The van der Waals surface area contributed by atoms with E-state index < -0.39 is 39.5 Å². The Morgan fingerprint density at radius 1 is 1.10 bits per heavy atom. The van der Waals surface area contributed by atoms with E-state index in [9.17, 15) is 31.2 Å². The predicted molar refractivity (Wildman–Crippen MR) is 148 cm³/mol. The van der Waals surface area contributed by atoms with Gasteiger partial charge in [-0.3, -0.25) is 9.59 Å². The largest absolute Gasteiger partial charge is 0.480 e. The molecule has 0 radical (unpaired) electrons. The summed E-state index contributed by atoms with van der Waals surface area (Å²) in [6.45, 7) is 1.07. The molecule has 8 nitrogen and oxygen atoms in total. The molecular formula is C23H28Cl4F3N3O5S. The van der Waals surface area contributed by atoms with Gasteiger partial charge in [0.25, 0.3) is 5.91 Å². The number of halogens is 7. The van der Waals surface area contributed by atoms with E-state index in [0.717, 1.165) is 6.07 Å². The Hall–Kier alpha value is -1.80. The van der Waals surface area contributed by atoms with Crippen LogP contribution in [0.2, 0.25) is 10.0 Å². The summed E-state index contributed by atoms with van der Waals surface area (Å²) in [7, 11) is -3.64. The van der Waals surface area contributed by atoms with E-state index in [-0.39, 0.29) is 88.3 Å². The molecule has 1 amide bonds.